The number of benzene rings is 1. The third kappa shape index (κ3) is 5.78. The topological polar surface area (TPSA) is 117 Å². The summed E-state index contributed by atoms with van der Waals surface area (Å²) in [6.07, 6.45) is -0.807. The normalized spacial score (nSPS) is 19.4. The fourth-order valence-electron chi connectivity index (χ4n) is 2.34. The maximum atomic E-state index is 12.0. The summed E-state index contributed by atoms with van der Waals surface area (Å²) in [5.41, 5.74) is 9.33. The van der Waals surface area contributed by atoms with Crippen molar-refractivity contribution in [3.05, 3.63) is 46.3 Å². The number of hydrogen-bond donors (Lipinski definition) is 2. The van der Waals surface area contributed by atoms with Gasteiger partial charge in [-0.25, -0.2) is 4.79 Å². The summed E-state index contributed by atoms with van der Waals surface area (Å²) >= 11 is 0. The lowest BCUT2D eigenvalue weighted by molar-refractivity contribution is 0.0704. The van der Waals surface area contributed by atoms with E-state index in [2.05, 4.69) is 15.3 Å². The molecule has 1 aromatic rings. The highest BCUT2D eigenvalue weighted by atomic mass is 16.6. The molecule has 0 aromatic heterocycles. The van der Waals surface area contributed by atoms with E-state index in [1.165, 1.54) is 0 Å². The molecule has 1 aromatic carbocycles. The molecule has 23 heavy (non-hydrogen) atoms. The van der Waals surface area contributed by atoms with E-state index in [1.807, 2.05) is 30.3 Å². The summed E-state index contributed by atoms with van der Waals surface area (Å²) in [5, 5.41) is 16.2. The highest BCUT2D eigenvalue weighted by Crippen LogP contribution is 2.10. The van der Waals surface area contributed by atoms with Crippen LogP contribution in [0.25, 0.3) is 10.4 Å². The van der Waals surface area contributed by atoms with Gasteiger partial charge < -0.3 is 19.9 Å². The van der Waals surface area contributed by atoms with Gasteiger partial charge in [-0.1, -0.05) is 35.4 Å². The largest absolute Gasteiger partial charge is 0.444 e. The van der Waals surface area contributed by atoms with Gasteiger partial charge in [0.2, 0.25) is 0 Å². The standard InChI is InChI=1S/C15H20N4O4/c16-19-17-9-14(20)13(8-11-4-2-1-3-5-11)18-15(21)23-12-6-7-22-10-12/h1-5,12-14,20H,6-10H2,(H,18,21)/t12-,13-,14+/m0/s1. The number of aliphatic hydroxyl groups excluding tert-OH is 1. The van der Waals surface area contributed by atoms with E-state index in [-0.39, 0.29) is 12.6 Å². The van der Waals surface area contributed by atoms with Crippen LogP contribution < -0.4 is 5.32 Å². The number of alkyl carbamates (subject to hydrolysis) is 1. The van der Waals surface area contributed by atoms with Crippen LogP contribution in [0.3, 0.4) is 0 Å². The first kappa shape index (κ1) is 17.1. The molecule has 124 valence electrons. The van der Waals surface area contributed by atoms with Crippen molar-refractivity contribution in [2.24, 2.45) is 5.11 Å². The lowest BCUT2D eigenvalue weighted by atomic mass is 10.0. The summed E-state index contributed by atoms with van der Waals surface area (Å²) in [6, 6.07) is 8.81. The molecular formula is C15H20N4O4. The predicted octanol–water partition coefficient (Wildman–Crippen LogP) is 1.78. The molecule has 0 radical (unpaired) electrons. The number of azide groups is 1. The molecule has 1 aliphatic heterocycles. The second-order valence-corrected chi connectivity index (χ2v) is 5.31. The zero-order valence-electron chi connectivity index (χ0n) is 12.7. The predicted molar refractivity (Wildman–Crippen MR) is 82.8 cm³/mol. The maximum absolute atomic E-state index is 12.0. The molecule has 1 amide bonds. The third-order valence-corrected chi connectivity index (χ3v) is 3.56. The number of rotatable bonds is 7. The fraction of sp³-hybridized carbons (Fsp3) is 0.533. The molecule has 8 nitrogen and oxygen atoms in total. The average molecular weight is 320 g/mol. The molecule has 1 heterocycles. The van der Waals surface area contributed by atoms with E-state index >= 15 is 0 Å². The lowest BCUT2D eigenvalue weighted by Crippen LogP contribution is -2.47. The number of carbonyl (C=O) groups is 1. The number of amides is 1. The van der Waals surface area contributed by atoms with E-state index in [0.29, 0.717) is 26.1 Å². The number of aliphatic hydroxyl groups is 1. The van der Waals surface area contributed by atoms with Crippen molar-refractivity contribution in [3.63, 3.8) is 0 Å². The Labute approximate surface area is 134 Å². The molecule has 1 fully saturated rings. The third-order valence-electron chi connectivity index (χ3n) is 3.56. The second-order valence-electron chi connectivity index (χ2n) is 5.31. The summed E-state index contributed by atoms with van der Waals surface area (Å²) < 4.78 is 10.4. The SMILES string of the molecule is [N-]=[N+]=NC[C@@H](O)[C@H](Cc1ccccc1)NC(=O)O[C@H]1CCOC1. The van der Waals surface area contributed by atoms with Crippen LogP contribution in [-0.2, 0) is 15.9 Å². The van der Waals surface area contributed by atoms with E-state index in [4.69, 9.17) is 15.0 Å². The van der Waals surface area contributed by atoms with Gasteiger partial charge >= 0.3 is 6.09 Å². The van der Waals surface area contributed by atoms with Gasteiger partial charge in [-0.3, -0.25) is 0 Å². The Kier molecular flexibility index (Phi) is 6.68. The summed E-state index contributed by atoms with van der Waals surface area (Å²) in [6.45, 7) is 0.837. The van der Waals surface area contributed by atoms with Gasteiger partial charge in [-0.15, -0.1) is 0 Å². The molecule has 0 saturated carbocycles. The highest BCUT2D eigenvalue weighted by Gasteiger charge is 2.25. The van der Waals surface area contributed by atoms with E-state index in [9.17, 15) is 9.90 Å². The van der Waals surface area contributed by atoms with Crippen molar-refractivity contribution >= 4 is 6.09 Å². The number of nitrogens with one attached hydrogen (secondary N) is 1. The van der Waals surface area contributed by atoms with Crippen molar-refractivity contribution in [1.29, 1.82) is 0 Å². The summed E-state index contributed by atoms with van der Waals surface area (Å²) in [4.78, 5) is 14.6. The number of ether oxygens (including phenoxy) is 2. The second kappa shape index (κ2) is 8.99. The number of hydrogen-bond acceptors (Lipinski definition) is 5. The van der Waals surface area contributed by atoms with Gasteiger partial charge in [0.1, 0.15) is 6.10 Å². The Morgan fingerprint density at radius 2 is 2.30 bits per heavy atom. The van der Waals surface area contributed by atoms with Crippen molar-refractivity contribution in [2.45, 2.75) is 31.1 Å². The summed E-state index contributed by atoms with van der Waals surface area (Å²) in [7, 11) is 0. The van der Waals surface area contributed by atoms with E-state index in [0.717, 1.165) is 5.56 Å². The molecule has 2 rings (SSSR count). The van der Waals surface area contributed by atoms with Gasteiger partial charge in [0.25, 0.3) is 0 Å². The molecule has 0 unspecified atom stereocenters. The molecule has 2 N–H and O–H groups in total. The van der Waals surface area contributed by atoms with E-state index < -0.39 is 18.2 Å². The number of carbonyl (C=O) groups excluding carboxylic acids is 1. The van der Waals surface area contributed by atoms with E-state index in [1.54, 1.807) is 0 Å². The monoisotopic (exact) mass is 320 g/mol. The Hall–Kier alpha value is -2.28. The molecule has 8 heteroatoms. The van der Waals surface area contributed by atoms with Crippen LogP contribution in [0, 0.1) is 0 Å². The maximum Gasteiger partial charge on any atom is 0.407 e. The van der Waals surface area contributed by atoms with Crippen LogP contribution in [0.15, 0.2) is 35.4 Å². The first-order valence-corrected chi connectivity index (χ1v) is 7.46. The quantitative estimate of drug-likeness (QED) is 0.452. The minimum atomic E-state index is -1.00. The van der Waals surface area contributed by atoms with Gasteiger partial charge in [0.05, 0.1) is 31.9 Å². The van der Waals surface area contributed by atoms with Crippen LogP contribution in [0.1, 0.15) is 12.0 Å². The van der Waals surface area contributed by atoms with Gasteiger partial charge in [-0.2, -0.15) is 0 Å². The Bertz CT molecular complexity index is 542. The van der Waals surface area contributed by atoms with Crippen molar-refractivity contribution in [3.8, 4) is 0 Å². The molecule has 1 saturated heterocycles. The molecular weight excluding hydrogens is 300 g/mol. The average Bonchev–Trinajstić information content (AvgIpc) is 3.05. The van der Waals surface area contributed by atoms with Gasteiger partial charge in [0.15, 0.2) is 0 Å². The molecule has 0 spiro atoms. The van der Waals surface area contributed by atoms with Gasteiger partial charge in [-0.05, 0) is 17.5 Å². The van der Waals surface area contributed by atoms with Crippen LogP contribution in [-0.4, -0.2) is 49.2 Å². The first-order chi connectivity index (χ1) is 11.2. The van der Waals surface area contributed by atoms with Crippen LogP contribution in [0.4, 0.5) is 4.79 Å². The Morgan fingerprint density at radius 1 is 1.52 bits per heavy atom. The zero-order valence-corrected chi connectivity index (χ0v) is 12.7. The van der Waals surface area contributed by atoms with Gasteiger partial charge in [0, 0.05) is 11.3 Å². The fourth-order valence-corrected chi connectivity index (χ4v) is 2.34. The molecule has 1 aliphatic rings. The highest BCUT2D eigenvalue weighted by molar-refractivity contribution is 5.68. The Balaban J connectivity index is 1.96. The molecule has 0 aliphatic carbocycles. The molecule has 0 bridgehead atoms. The van der Waals surface area contributed by atoms with Crippen molar-refractivity contribution < 1.29 is 19.4 Å². The van der Waals surface area contributed by atoms with Crippen LogP contribution in [0.5, 0.6) is 0 Å². The molecule has 3 atom stereocenters. The van der Waals surface area contributed by atoms with Crippen molar-refractivity contribution in [2.75, 3.05) is 19.8 Å². The number of nitrogens with zero attached hydrogens (tertiary/aromatic N) is 3. The lowest BCUT2D eigenvalue weighted by Gasteiger charge is -2.23. The smallest absolute Gasteiger partial charge is 0.407 e. The first-order valence-electron chi connectivity index (χ1n) is 7.46. The minimum Gasteiger partial charge on any atom is -0.444 e. The van der Waals surface area contributed by atoms with Crippen LogP contribution in [0.2, 0.25) is 0 Å². The summed E-state index contributed by atoms with van der Waals surface area (Å²) in [5.74, 6) is 0. The van der Waals surface area contributed by atoms with Crippen LogP contribution >= 0.6 is 0 Å². The van der Waals surface area contributed by atoms with Crippen molar-refractivity contribution in [1.82, 2.24) is 5.32 Å². The zero-order chi connectivity index (χ0) is 16.5. The Morgan fingerprint density at radius 3 is 2.96 bits per heavy atom. The minimum absolute atomic E-state index is 0.124.